The van der Waals surface area contributed by atoms with E-state index in [-0.39, 0.29) is 5.91 Å². The summed E-state index contributed by atoms with van der Waals surface area (Å²) in [6.45, 7) is 2.79. The Morgan fingerprint density at radius 2 is 2.36 bits per heavy atom. The Morgan fingerprint density at radius 3 is 2.82 bits per heavy atom. The van der Waals surface area contributed by atoms with E-state index in [1.807, 2.05) is 0 Å². The summed E-state index contributed by atoms with van der Waals surface area (Å²) < 4.78 is 0. The maximum Gasteiger partial charge on any atom is 0.237 e. The molecule has 3 nitrogen and oxygen atoms in total. The van der Waals surface area contributed by atoms with Crippen molar-refractivity contribution < 1.29 is 4.79 Å². The monoisotopic (exact) mass is 177 g/mol. The maximum absolute atomic E-state index is 11.0. The molecule has 66 valence electrons. The van der Waals surface area contributed by atoms with Gasteiger partial charge in [-0.05, 0) is 6.42 Å². The highest BCUT2D eigenvalue weighted by Crippen LogP contribution is 1.86. The zero-order valence-corrected chi connectivity index (χ0v) is 7.73. The van der Waals surface area contributed by atoms with Crippen LogP contribution in [0.5, 0.6) is 0 Å². The highest BCUT2D eigenvalue weighted by atomic mass is 32.1. The molecule has 0 saturated carbocycles. The van der Waals surface area contributed by atoms with E-state index in [2.05, 4.69) is 24.9 Å². The molecule has 0 aliphatic heterocycles. The molecular weight excluding hydrogens is 161 g/mol. The average Bonchev–Trinajstić information content (AvgIpc) is 2.03. The van der Waals surface area contributed by atoms with Crippen molar-refractivity contribution in [1.29, 1.82) is 0 Å². The number of unbranched alkanes of at least 4 members (excludes halogenated alkanes) is 1. The van der Waals surface area contributed by atoms with Crippen molar-refractivity contribution in [3.63, 3.8) is 0 Å². The van der Waals surface area contributed by atoms with Crippen LogP contribution < -0.4 is 11.1 Å². The molecule has 4 heteroatoms. The van der Waals surface area contributed by atoms with Gasteiger partial charge >= 0.3 is 0 Å². The van der Waals surface area contributed by atoms with Crippen molar-refractivity contribution in [3.8, 4) is 0 Å². The smallest absolute Gasteiger partial charge is 0.237 e. The minimum atomic E-state index is -0.463. The van der Waals surface area contributed by atoms with Gasteiger partial charge in [0.2, 0.25) is 5.91 Å². The van der Waals surface area contributed by atoms with Gasteiger partial charge in [0.05, 0.1) is 6.04 Å². The lowest BCUT2D eigenvalue weighted by molar-refractivity contribution is -0.121. The predicted molar refractivity (Wildman–Crippen MR) is 49.7 cm³/mol. The Hall–Kier alpha value is -0.220. The van der Waals surface area contributed by atoms with Crippen molar-refractivity contribution in [2.24, 2.45) is 5.73 Å². The standard InChI is InChI=1S/C7H16N2OS/c1-2-3-4-9-7(10)6(8)5-11/h6,11H,2-5,8H2,1H3,(H,9,10)/t6-/m0/s1/i7+1. The summed E-state index contributed by atoms with van der Waals surface area (Å²) in [6.07, 6.45) is 2.08. The van der Waals surface area contributed by atoms with Gasteiger partial charge < -0.3 is 11.1 Å². The van der Waals surface area contributed by atoms with Crippen LogP contribution in [-0.4, -0.2) is 24.2 Å². The normalized spacial score (nSPS) is 12.6. The number of nitrogens with one attached hydrogen (secondary N) is 1. The zero-order valence-electron chi connectivity index (χ0n) is 6.84. The molecule has 11 heavy (non-hydrogen) atoms. The molecule has 0 bridgehead atoms. The lowest BCUT2D eigenvalue weighted by Crippen LogP contribution is -2.42. The van der Waals surface area contributed by atoms with E-state index in [0.29, 0.717) is 5.75 Å². The highest BCUT2D eigenvalue weighted by Gasteiger charge is 2.08. The molecule has 0 radical (unpaired) electrons. The number of thiol groups is 1. The summed E-state index contributed by atoms with van der Waals surface area (Å²) in [5.74, 6) is 0.297. The Labute approximate surface area is 73.1 Å². The van der Waals surface area contributed by atoms with Crippen molar-refractivity contribution in [2.75, 3.05) is 12.3 Å². The topological polar surface area (TPSA) is 55.1 Å². The molecule has 3 N–H and O–H groups in total. The lowest BCUT2D eigenvalue weighted by atomic mass is 10.3. The molecule has 0 aromatic heterocycles. The first kappa shape index (κ1) is 10.8. The second kappa shape index (κ2) is 6.49. The third-order valence-corrected chi connectivity index (χ3v) is 1.76. The molecular formula is C7H16N2OS. The van der Waals surface area contributed by atoms with Crippen LogP contribution in [0.1, 0.15) is 19.8 Å². The molecule has 0 unspecified atom stereocenters. The van der Waals surface area contributed by atoms with Crippen LogP contribution in [-0.2, 0) is 4.79 Å². The molecule has 1 atom stereocenters. The third kappa shape index (κ3) is 5.09. The molecule has 0 aliphatic rings. The lowest BCUT2D eigenvalue weighted by Gasteiger charge is -2.08. The highest BCUT2D eigenvalue weighted by molar-refractivity contribution is 7.80. The fourth-order valence-corrected chi connectivity index (χ4v) is 0.768. The number of nitrogens with two attached hydrogens (primary N) is 1. The summed E-state index contributed by atoms with van der Waals surface area (Å²) in [4.78, 5) is 11.0. The van der Waals surface area contributed by atoms with Gasteiger partial charge in [0.25, 0.3) is 0 Å². The van der Waals surface area contributed by atoms with Crippen LogP contribution in [0.15, 0.2) is 0 Å². The van der Waals surface area contributed by atoms with Gasteiger partial charge in [0, 0.05) is 12.3 Å². The van der Waals surface area contributed by atoms with Gasteiger partial charge in [-0.1, -0.05) is 13.3 Å². The van der Waals surface area contributed by atoms with E-state index < -0.39 is 6.04 Å². The zero-order chi connectivity index (χ0) is 8.69. The maximum atomic E-state index is 11.0. The molecule has 0 fully saturated rings. The van der Waals surface area contributed by atoms with Crippen LogP contribution in [0.3, 0.4) is 0 Å². The van der Waals surface area contributed by atoms with Gasteiger partial charge in [-0.2, -0.15) is 12.6 Å². The Balaban J connectivity index is 3.36. The van der Waals surface area contributed by atoms with Gasteiger partial charge in [-0.25, -0.2) is 0 Å². The molecule has 0 heterocycles. The third-order valence-electron chi connectivity index (χ3n) is 1.36. The van der Waals surface area contributed by atoms with Crippen LogP contribution in [0.2, 0.25) is 0 Å². The first-order valence-electron chi connectivity index (χ1n) is 3.86. The van der Waals surface area contributed by atoms with Gasteiger partial charge in [0.1, 0.15) is 0 Å². The number of carbonyl (C=O) groups is 1. The first-order chi connectivity index (χ1) is 5.22. The van der Waals surface area contributed by atoms with Crippen LogP contribution >= 0.6 is 12.6 Å². The fourth-order valence-electron chi connectivity index (χ4n) is 0.602. The van der Waals surface area contributed by atoms with Gasteiger partial charge in [0.15, 0.2) is 0 Å². The number of carbonyl (C=O) groups excluding carboxylic acids is 1. The molecule has 0 aliphatic carbocycles. The van der Waals surface area contributed by atoms with E-state index in [1.165, 1.54) is 0 Å². The molecule has 0 spiro atoms. The number of rotatable bonds is 5. The Bertz CT molecular complexity index is 119. The van der Waals surface area contributed by atoms with Crippen molar-refractivity contribution in [2.45, 2.75) is 25.8 Å². The van der Waals surface area contributed by atoms with E-state index in [1.54, 1.807) is 0 Å². The van der Waals surface area contributed by atoms with E-state index >= 15 is 0 Å². The molecule has 1 amide bonds. The molecule has 0 aromatic carbocycles. The molecule has 0 rings (SSSR count). The summed E-state index contributed by atoms with van der Waals surface area (Å²) in [5.41, 5.74) is 5.41. The largest absolute Gasteiger partial charge is 0.355 e. The minimum absolute atomic E-state index is 0.103. The van der Waals surface area contributed by atoms with Crippen molar-refractivity contribution in [1.82, 2.24) is 5.32 Å². The number of amides is 1. The summed E-state index contributed by atoms with van der Waals surface area (Å²) in [5, 5.41) is 2.72. The van der Waals surface area contributed by atoms with Crippen LogP contribution in [0.25, 0.3) is 0 Å². The van der Waals surface area contributed by atoms with Crippen molar-refractivity contribution in [3.05, 3.63) is 0 Å². The van der Waals surface area contributed by atoms with E-state index in [0.717, 1.165) is 19.4 Å². The number of hydrogen-bond acceptors (Lipinski definition) is 3. The second-order valence-electron chi connectivity index (χ2n) is 2.43. The second-order valence-corrected chi connectivity index (χ2v) is 2.80. The minimum Gasteiger partial charge on any atom is -0.355 e. The van der Waals surface area contributed by atoms with Crippen molar-refractivity contribution >= 4 is 18.5 Å². The predicted octanol–water partition coefficient (Wildman–Crippen LogP) is 0.160. The number of hydrogen-bond donors (Lipinski definition) is 3. The quantitative estimate of drug-likeness (QED) is 0.318. The molecule has 0 aromatic rings. The van der Waals surface area contributed by atoms with Crippen LogP contribution in [0.4, 0.5) is 0 Å². The fraction of sp³-hybridized carbons (Fsp3) is 0.857. The summed E-state index contributed by atoms with van der Waals surface area (Å²) in [6, 6.07) is -0.463. The van der Waals surface area contributed by atoms with Crippen LogP contribution in [0, 0.1) is 0 Å². The van der Waals surface area contributed by atoms with E-state index in [4.69, 9.17) is 5.73 Å². The van der Waals surface area contributed by atoms with E-state index in [9.17, 15) is 4.79 Å². The summed E-state index contributed by atoms with van der Waals surface area (Å²) in [7, 11) is 0. The first-order valence-corrected chi connectivity index (χ1v) is 4.49. The SMILES string of the molecule is CCCCN[13C](=O)[C@@H](N)CS. The summed E-state index contributed by atoms with van der Waals surface area (Å²) >= 11 is 3.91. The molecule has 0 saturated heterocycles. The Morgan fingerprint density at radius 1 is 1.73 bits per heavy atom. The average molecular weight is 177 g/mol. The Kier molecular flexibility index (Phi) is 6.36. The van der Waals surface area contributed by atoms with Gasteiger partial charge in [-0.3, -0.25) is 4.79 Å². The van der Waals surface area contributed by atoms with Gasteiger partial charge in [-0.15, -0.1) is 0 Å².